The Labute approximate surface area is 79.1 Å². The van der Waals surface area contributed by atoms with Crippen LogP contribution in [0, 0.1) is 5.82 Å². The molecule has 1 atom stereocenters. The molecule has 0 aromatic heterocycles. The van der Waals surface area contributed by atoms with Gasteiger partial charge in [-0.3, -0.25) is 0 Å². The first-order chi connectivity index (χ1) is 5.77. The van der Waals surface area contributed by atoms with E-state index in [1.807, 2.05) is 6.07 Å². The number of rotatable bonds is 1. The Kier molecular flexibility index (Phi) is 2.15. The Morgan fingerprint density at radius 3 is 2.83 bits per heavy atom. The van der Waals surface area contributed by atoms with E-state index < -0.39 is 0 Å². The van der Waals surface area contributed by atoms with Crippen molar-refractivity contribution < 1.29 is 4.39 Å². The van der Waals surface area contributed by atoms with Gasteiger partial charge in [-0.2, -0.15) is 0 Å². The molecule has 0 bridgehead atoms. The molecule has 12 heavy (non-hydrogen) atoms. The van der Waals surface area contributed by atoms with Crippen molar-refractivity contribution in [3.63, 3.8) is 0 Å². The highest BCUT2D eigenvalue weighted by Crippen LogP contribution is 2.27. The molecule has 1 aliphatic heterocycles. The Morgan fingerprint density at radius 2 is 2.25 bits per heavy atom. The fraction of sp³-hybridized carbons (Fsp3) is 0.333. The molecule has 1 heterocycles. The summed E-state index contributed by atoms with van der Waals surface area (Å²) >= 11 is 3.32. The van der Waals surface area contributed by atoms with Gasteiger partial charge in [0.25, 0.3) is 0 Å². The van der Waals surface area contributed by atoms with Crippen LogP contribution >= 0.6 is 15.9 Å². The van der Waals surface area contributed by atoms with Gasteiger partial charge >= 0.3 is 0 Å². The third-order valence-electron chi connectivity index (χ3n) is 2.16. The van der Waals surface area contributed by atoms with Crippen molar-refractivity contribution in [1.82, 2.24) is 5.32 Å². The van der Waals surface area contributed by atoms with Gasteiger partial charge in [0, 0.05) is 16.1 Å². The number of hydrogen-bond acceptors (Lipinski definition) is 1. The summed E-state index contributed by atoms with van der Waals surface area (Å²) in [5.74, 6) is -0.115. The fourth-order valence-corrected chi connectivity index (χ4v) is 1.71. The summed E-state index contributed by atoms with van der Waals surface area (Å²) in [6.07, 6.45) is 1.04. The fourth-order valence-electron chi connectivity index (χ4n) is 1.34. The molecule has 3 heteroatoms. The third kappa shape index (κ3) is 1.39. The molecule has 1 fully saturated rings. The van der Waals surface area contributed by atoms with Crippen LogP contribution in [0.3, 0.4) is 0 Å². The number of halogens is 2. The van der Waals surface area contributed by atoms with Crippen molar-refractivity contribution >= 4 is 15.9 Å². The topological polar surface area (TPSA) is 12.0 Å². The standard InChI is InChI=1S/C9H9BrFN/c10-6-1-2-8(11)7(5-6)9-3-4-12-9/h1-2,5,9,12H,3-4H2. The summed E-state index contributed by atoms with van der Waals surface area (Å²) in [4.78, 5) is 0. The van der Waals surface area contributed by atoms with Crippen LogP contribution in [-0.2, 0) is 0 Å². The molecule has 1 N–H and O–H groups in total. The second-order valence-electron chi connectivity index (χ2n) is 2.96. The van der Waals surface area contributed by atoms with Crippen molar-refractivity contribution in [3.05, 3.63) is 34.1 Å². The first-order valence-electron chi connectivity index (χ1n) is 3.96. The zero-order valence-corrected chi connectivity index (χ0v) is 8.07. The predicted octanol–water partition coefficient (Wildman–Crippen LogP) is 2.62. The zero-order chi connectivity index (χ0) is 8.55. The second-order valence-corrected chi connectivity index (χ2v) is 3.88. The van der Waals surface area contributed by atoms with Gasteiger partial charge in [0.15, 0.2) is 0 Å². The molecule has 0 saturated carbocycles. The SMILES string of the molecule is Fc1ccc(Br)cc1C1CCN1. The minimum atomic E-state index is -0.115. The monoisotopic (exact) mass is 229 g/mol. The van der Waals surface area contributed by atoms with E-state index in [2.05, 4.69) is 21.2 Å². The molecule has 1 aliphatic rings. The summed E-state index contributed by atoms with van der Waals surface area (Å²) < 4.78 is 14.1. The smallest absolute Gasteiger partial charge is 0.128 e. The Hall–Kier alpha value is -0.410. The van der Waals surface area contributed by atoms with E-state index >= 15 is 0 Å². The summed E-state index contributed by atoms with van der Waals surface area (Å²) in [5.41, 5.74) is 0.774. The van der Waals surface area contributed by atoms with Crippen LogP contribution in [0.15, 0.2) is 22.7 Å². The number of nitrogens with one attached hydrogen (secondary N) is 1. The largest absolute Gasteiger partial charge is 0.310 e. The van der Waals surface area contributed by atoms with Gasteiger partial charge in [-0.05, 0) is 31.2 Å². The molecule has 1 nitrogen and oxygen atoms in total. The number of hydrogen-bond donors (Lipinski definition) is 1. The van der Waals surface area contributed by atoms with Crippen molar-refractivity contribution in [2.45, 2.75) is 12.5 Å². The van der Waals surface area contributed by atoms with Gasteiger partial charge in [0.05, 0.1) is 0 Å². The minimum Gasteiger partial charge on any atom is -0.310 e. The van der Waals surface area contributed by atoms with Crippen molar-refractivity contribution in [1.29, 1.82) is 0 Å². The first kappa shape index (κ1) is 8.20. The molecule has 1 saturated heterocycles. The van der Waals surface area contributed by atoms with Gasteiger partial charge in [-0.25, -0.2) is 4.39 Å². The maximum Gasteiger partial charge on any atom is 0.128 e. The predicted molar refractivity (Wildman–Crippen MR) is 49.5 cm³/mol. The molecule has 0 spiro atoms. The van der Waals surface area contributed by atoms with Gasteiger partial charge in [-0.1, -0.05) is 15.9 Å². The Morgan fingerprint density at radius 1 is 1.50 bits per heavy atom. The van der Waals surface area contributed by atoms with Crippen molar-refractivity contribution in [3.8, 4) is 0 Å². The minimum absolute atomic E-state index is 0.115. The molecule has 2 rings (SSSR count). The normalized spacial score (nSPS) is 22.0. The summed E-state index contributed by atoms with van der Waals surface area (Å²) in [7, 11) is 0. The zero-order valence-electron chi connectivity index (χ0n) is 6.48. The van der Waals surface area contributed by atoms with E-state index in [-0.39, 0.29) is 11.9 Å². The summed E-state index contributed by atoms with van der Waals surface area (Å²) in [5, 5.41) is 3.17. The lowest BCUT2D eigenvalue weighted by Crippen LogP contribution is -2.35. The van der Waals surface area contributed by atoms with E-state index in [1.165, 1.54) is 6.07 Å². The maximum absolute atomic E-state index is 13.2. The Bertz CT molecular complexity index is 297. The van der Waals surface area contributed by atoms with Gasteiger partial charge < -0.3 is 5.32 Å². The highest BCUT2D eigenvalue weighted by molar-refractivity contribution is 9.10. The highest BCUT2D eigenvalue weighted by atomic mass is 79.9. The quantitative estimate of drug-likeness (QED) is 0.781. The maximum atomic E-state index is 13.2. The molecule has 1 aromatic carbocycles. The average Bonchev–Trinajstić information content (AvgIpc) is 1.93. The Balaban J connectivity index is 2.34. The lowest BCUT2D eigenvalue weighted by molar-refractivity contribution is 0.370. The van der Waals surface area contributed by atoms with Gasteiger partial charge in [0.1, 0.15) is 5.82 Å². The van der Waals surface area contributed by atoms with Crippen LogP contribution in [0.1, 0.15) is 18.0 Å². The van der Waals surface area contributed by atoms with Crippen LogP contribution in [-0.4, -0.2) is 6.54 Å². The van der Waals surface area contributed by atoms with E-state index in [1.54, 1.807) is 6.07 Å². The molecule has 0 aliphatic carbocycles. The highest BCUT2D eigenvalue weighted by Gasteiger charge is 2.21. The molecular weight excluding hydrogens is 221 g/mol. The van der Waals surface area contributed by atoms with E-state index in [4.69, 9.17) is 0 Å². The number of benzene rings is 1. The van der Waals surface area contributed by atoms with E-state index in [9.17, 15) is 4.39 Å². The van der Waals surface area contributed by atoms with Crippen LogP contribution in [0.5, 0.6) is 0 Å². The molecule has 0 amide bonds. The summed E-state index contributed by atoms with van der Waals surface area (Å²) in [6.45, 7) is 0.997. The van der Waals surface area contributed by atoms with E-state index in [0.29, 0.717) is 0 Å². The van der Waals surface area contributed by atoms with Crippen molar-refractivity contribution in [2.75, 3.05) is 6.54 Å². The van der Waals surface area contributed by atoms with Crippen LogP contribution in [0.25, 0.3) is 0 Å². The van der Waals surface area contributed by atoms with E-state index in [0.717, 1.165) is 23.0 Å². The summed E-state index contributed by atoms with van der Waals surface area (Å²) in [6, 6.07) is 5.28. The molecular formula is C9H9BrFN. The second kappa shape index (κ2) is 3.15. The van der Waals surface area contributed by atoms with Gasteiger partial charge in [-0.15, -0.1) is 0 Å². The van der Waals surface area contributed by atoms with Crippen molar-refractivity contribution in [2.24, 2.45) is 0 Å². The molecule has 64 valence electrons. The third-order valence-corrected chi connectivity index (χ3v) is 2.65. The van der Waals surface area contributed by atoms with Crippen LogP contribution in [0.2, 0.25) is 0 Å². The lowest BCUT2D eigenvalue weighted by atomic mass is 9.98. The molecule has 0 radical (unpaired) electrons. The van der Waals surface area contributed by atoms with Crippen LogP contribution in [0.4, 0.5) is 4.39 Å². The average molecular weight is 230 g/mol. The van der Waals surface area contributed by atoms with Gasteiger partial charge in [0.2, 0.25) is 0 Å². The molecule has 1 aromatic rings. The van der Waals surface area contributed by atoms with Crippen LogP contribution < -0.4 is 5.32 Å². The molecule has 1 unspecified atom stereocenters. The first-order valence-corrected chi connectivity index (χ1v) is 4.75. The lowest BCUT2D eigenvalue weighted by Gasteiger charge is -2.28.